The number of aliphatic hydroxyl groups excluding tert-OH is 2. The maximum atomic E-state index is 13.2. The largest absolute Gasteiger partial charge is 0.492 e. The number of cyclic esters (lactones) is 1. The molecule has 0 aromatic heterocycles. The van der Waals surface area contributed by atoms with E-state index >= 15 is 0 Å². The molecule has 0 radical (unpaired) electrons. The predicted molar refractivity (Wildman–Crippen MR) is 136 cm³/mol. The summed E-state index contributed by atoms with van der Waals surface area (Å²) in [4.78, 5) is 25.0. The molecule has 7 aliphatic rings. The van der Waals surface area contributed by atoms with Gasteiger partial charge in [-0.1, -0.05) is 25.0 Å². The van der Waals surface area contributed by atoms with Crippen molar-refractivity contribution in [3.63, 3.8) is 0 Å². The molecule has 6 bridgehead atoms. The molecule has 38 heavy (non-hydrogen) atoms. The summed E-state index contributed by atoms with van der Waals surface area (Å²) < 4.78 is 18.6. The van der Waals surface area contributed by atoms with Gasteiger partial charge in [-0.2, -0.15) is 0 Å². The van der Waals surface area contributed by atoms with Crippen molar-refractivity contribution in [1.29, 1.82) is 0 Å². The molecule has 3 aliphatic heterocycles. The van der Waals surface area contributed by atoms with Crippen LogP contribution < -0.4 is 0 Å². The van der Waals surface area contributed by atoms with Crippen LogP contribution in [0.15, 0.2) is 35.6 Å². The van der Waals surface area contributed by atoms with E-state index in [1.807, 2.05) is 13.2 Å². The van der Waals surface area contributed by atoms with E-state index in [1.165, 1.54) is 0 Å². The quantitative estimate of drug-likeness (QED) is 0.333. The first-order valence-corrected chi connectivity index (χ1v) is 14.1. The van der Waals surface area contributed by atoms with Crippen molar-refractivity contribution in [2.75, 3.05) is 13.2 Å². The minimum Gasteiger partial charge on any atom is -0.492 e. The Bertz CT molecular complexity index is 1270. The van der Waals surface area contributed by atoms with Gasteiger partial charge >= 0.3 is 11.9 Å². The van der Waals surface area contributed by atoms with Crippen LogP contribution in [-0.4, -0.2) is 53.2 Å². The maximum absolute atomic E-state index is 13.2. The summed E-state index contributed by atoms with van der Waals surface area (Å²) in [6.45, 7) is 4.25. The number of fused-ring (bicyclic) bond motifs is 7. The molecular formula is C31H36O7. The summed E-state index contributed by atoms with van der Waals surface area (Å²) in [7, 11) is 0. The zero-order valence-electron chi connectivity index (χ0n) is 22.1. The topological polar surface area (TPSA) is 102 Å². The second kappa shape index (κ2) is 7.76. The van der Waals surface area contributed by atoms with Gasteiger partial charge in [-0.05, 0) is 61.5 Å². The Balaban J connectivity index is 1.53. The zero-order valence-corrected chi connectivity index (χ0v) is 22.1. The summed E-state index contributed by atoms with van der Waals surface area (Å²) in [6.07, 6.45) is 10.8. The van der Waals surface area contributed by atoms with Crippen LogP contribution >= 0.6 is 0 Å². The van der Waals surface area contributed by atoms with Crippen molar-refractivity contribution in [2.45, 2.75) is 83.0 Å². The van der Waals surface area contributed by atoms with Crippen molar-refractivity contribution < 1.29 is 34.0 Å². The summed E-state index contributed by atoms with van der Waals surface area (Å²) in [5.74, 6) is 6.46. The number of aliphatic hydroxyl groups is 2. The molecule has 0 saturated heterocycles. The highest BCUT2D eigenvalue weighted by Crippen LogP contribution is 2.82. The Kier molecular flexibility index (Phi) is 5.00. The van der Waals surface area contributed by atoms with Crippen LogP contribution in [-0.2, 0) is 23.8 Å². The summed E-state index contributed by atoms with van der Waals surface area (Å²) in [5, 5.41) is 23.9. The average molecular weight is 521 g/mol. The van der Waals surface area contributed by atoms with Gasteiger partial charge in [-0.25, -0.2) is 4.79 Å². The van der Waals surface area contributed by atoms with Crippen LogP contribution in [0.1, 0.15) is 65.2 Å². The van der Waals surface area contributed by atoms with E-state index in [9.17, 15) is 19.8 Å². The maximum Gasteiger partial charge on any atom is 0.331 e. The van der Waals surface area contributed by atoms with Crippen molar-refractivity contribution >= 4 is 11.9 Å². The zero-order chi connectivity index (χ0) is 26.6. The lowest BCUT2D eigenvalue weighted by Gasteiger charge is -2.79. The smallest absolute Gasteiger partial charge is 0.331 e. The predicted octanol–water partition coefficient (Wildman–Crippen LogP) is 3.35. The van der Waals surface area contributed by atoms with Gasteiger partial charge in [0.1, 0.15) is 18.3 Å². The molecular weight excluding hydrogens is 484 g/mol. The lowest BCUT2D eigenvalue weighted by Crippen LogP contribution is -2.85. The molecule has 3 heterocycles. The number of allylic oxidation sites excluding steroid dienone is 2. The average Bonchev–Trinajstić information content (AvgIpc) is 3.54. The van der Waals surface area contributed by atoms with Gasteiger partial charge in [-0.3, -0.25) is 4.79 Å². The molecule has 202 valence electrons. The molecule has 9 atom stereocenters. The van der Waals surface area contributed by atoms with E-state index in [-0.39, 0.29) is 48.8 Å². The van der Waals surface area contributed by atoms with Crippen LogP contribution in [0.2, 0.25) is 0 Å². The molecule has 7 rings (SSSR count). The van der Waals surface area contributed by atoms with Crippen molar-refractivity contribution in [3.05, 3.63) is 35.6 Å². The van der Waals surface area contributed by atoms with Gasteiger partial charge in [0.15, 0.2) is 0 Å². The van der Waals surface area contributed by atoms with Crippen LogP contribution in [0.3, 0.4) is 0 Å². The van der Waals surface area contributed by atoms with Crippen LogP contribution in [0.4, 0.5) is 0 Å². The summed E-state index contributed by atoms with van der Waals surface area (Å²) in [5.41, 5.74) is -2.34. The molecule has 3 saturated carbocycles. The molecule has 4 aliphatic carbocycles. The summed E-state index contributed by atoms with van der Waals surface area (Å²) >= 11 is 0. The summed E-state index contributed by atoms with van der Waals surface area (Å²) in [6, 6.07) is 0. The molecule has 3 fully saturated rings. The second-order valence-corrected chi connectivity index (χ2v) is 13.0. The van der Waals surface area contributed by atoms with Crippen LogP contribution in [0.5, 0.6) is 0 Å². The molecule has 7 heteroatoms. The molecule has 2 N–H and O–H groups in total. The second-order valence-electron chi connectivity index (χ2n) is 13.0. The van der Waals surface area contributed by atoms with Gasteiger partial charge in [0.2, 0.25) is 0 Å². The number of hydrogen-bond acceptors (Lipinski definition) is 7. The number of ether oxygens (including phenoxy) is 3. The fraction of sp³-hybridized carbons (Fsp3) is 0.677. The lowest BCUT2D eigenvalue weighted by molar-refractivity contribution is -0.368. The molecule has 0 aromatic rings. The van der Waals surface area contributed by atoms with Gasteiger partial charge < -0.3 is 24.4 Å². The lowest BCUT2D eigenvalue weighted by atomic mass is 9.27. The Labute approximate surface area is 223 Å². The fourth-order valence-electron chi connectivity index (χ4n) is 10.3. The first kappa shape index (κ1) is 24.5. The van der Waals surface area contributed by atoms with E-state index in [4.69, 9.17) is 14.2 Å². The number of carbonyl (C=O) groups excluding carboxylic acids is 2. The first-order valence-electron chi connectivity index (χ1n) is 14.1. The van der Waals surface area contributed by atoms with Crippen LogP contribution in [0, 0.1) is 45.3 Å². The minimum absolute atomic E-state index is 0.104. The highest BCUT2D eigenvalue weighted by Gasteiger charge is 2.87. The van der Waals surface area contributed by atoms with Crippen molar-refractivity contribution in [2.24, 2.45) is 33.5 Å². The number of carbonyl (C=O) groups is 2. The standard InChI is InChI=1S/C31H36O7/c1-27-10-4-3-5-25(34)38-24(15-27)31-22-17-37-30(27,12-8-19-13-26(35)36-16-19)29(31,18-32)23(33)9-11-28(31,2)21-7-6-20(22)14-21/h6-7,13,17,20-21,23-24,32-33H,3,5,8-9,11-12,14-16,18H2,1-2H3/t20-,21-,23-,24-,27+,28-,29+,30-,31+/m1/s1. The number of esters is 2. The Morgan fingerprint density at radius 3 is 2.82 bits per heavy atom. The van der Waals surface area contributed by atoms with E-state index < -0.39 is 34.1 Å². The molecule has 0 aromatic carbocycles. The van der Waals surface area contributed by atoms with E-state index in [0.717, 1.165) is 24.0 Å². The molecule has 1 spiro atoms. The van der Waals surface area contributed by atoms with E-state index in [0.29, 0.717) is 32.1 Å². The molecule has 0 amide bonds. The molecule has 7 nitrogen and oxygen atoms in total. The van der Waals surface area contributed by atoms with Gasteiger partial charge in [0.05, 0.1) is 41.6 Å². The highest BCUT2D eigenvalue weighted by molar-refractivity contribution is 5.85. The minimum atomic E-state index is -1.17. The van der Waals surface area contributed by atoms with Gasteiger partial charge in [-0.15, -0.1) is 5.92 Å². The van der Waals surface area contributed by atoms with Gasteiger partial charge in [0.25, 0.3) is 0 Å². The Morgan fingerprint density at radius 1 is 1.21 bits per heavy atom. The molecule has 0 unspecified atom stereocenters. The number of hydrogen-bond donors (Lipinski definition) is 2. The third-order valence-electron chi connectivity index (χ3n) is 11.8. The normalized spacial score (nSPS) is 49.6. The van der Waals surface area contributed by atoms with Crippen LogP contribution in [0.25, 0.3) is 0 Å². The van der Waals surface area contributed by atoms with E-state index in [1.54, 1.807) is 6.08 Å². The van der Waals surface area contributed by atoms with Crippen molar-refractivity contribution in [1.82, 2.24) is 0 Å². The SMILES string of the molecule is C[C@]12C#CCCC(=O)O[C@H](C1)[C@]13C4=CO[C@@]2(CCC2=CC(=O)OC2)[C@]1(CO)[C@H](O)CC[C@]3(C)[C@@H]1C=C[C@@H]4C1. The highest BCUT2D eigenvalue weighted by atomic mass is 16.6. The van der Waals surface area contributed by atoms with Gasteiger partial charge in [0, 0.05) is 24.8 Å². The Hall–Kier alpha value is -2.56. The third-order valence-corrected chi connectivity index (χ3v) is 11.8. The fourth-order valence-corrected chi connectivity index (χ4v) is 10.3. The van der Waals surface area contributed by atoms with Crippen molar-refractivity contribution in [3.8, 4) is 11.8 Å². The monoisotopic (exact) mass is 520 g/mol. The van der Waals surface area contributed by atoms with E-state index in [2.05, 4.69) is 30.9 Å². The number of rotatable bonds is 4. The Morgan fingerprint density at radius 2 is 2.05 bits per heavy atom. The third kappa shape index (κ3) is 2.55. The first-order chi connectivity index (χ1) is 18.2.